The average molecular weight is 552 g/mol. The molecule has 10 heteroatoms. The van der Waals surface area contributed by atoms with Gasteiger partial charge in [0.05, 0.1) is 18.3 Å². The summed E-state index contributed by atoms with van der Waals surface area (Å²) >= 11 is 4.26. The third kappa shape index (κ3) is 9.33. The number of benzene rings is 2. The molecule has 2 amide bonds. The normalized spacial score (nSPS) is 13.5. The summed E-state index contributed by atoms with van der Waals surface area (Å²) < 4.78 is 0. The first-order valence-electron chi connectivity index (χ1n) is 13.2. The van der Waals surface area contributed by atoms with Gasteiger partial charge < -0.3 is 21.8 Å². The zero-order valence-corrected chi connectivity index (χ0v) is 22.9. The van der Waals surface area contributed by atoms with Gasteiger partial charge in [-0.15, -0.1) is 0 Å². The van der Waals surface area contributed by atoms with E-state index in [4.69, 9.17) is 11.5 Å². The number of nitrogens with one attached hydrogen (secondary N) is 2. The maximum Gasteiger partial charge on any atom is 0.224 e. The number of H-pyrrole nitrogens is 1. The summed E-state index contributed by atoms with van der Waals surface area (Å²) in [5.74, 6) is -2.69. The van der Waals surface area contributed by atoms with Crippen LogP contribution in [0.15, 0.2) is 55.0 Å². The molecule has 0 aliphatic carbocycles. The van der Waals surface area contributed by atoms with E-state index < -0.39 is 29.7 Å². The number of thiol groups is 1. The van der Waals surface area contributed by atoms with Crippen LogP contribution in [0.1, 0.15) is 43.4 Å². The number of carbonyl (C=O) groups excluding carboxylic acids is 4. The first kappa shape index (κ1) is 30.0. The highest BCUT2D eigenvalue weighted by atomic mass is 32.1. The van der Waals surface area contributed by atoms with Crippen molar-refractivity contribution in [2.45, 2.75) is 51.0 Å². The third-order valence-corrected chi connectivity index (χ3v) is 7.19. The maximum absolute atomic E-state index is 13.3. The van der Waals surface area contributed by atoms with Crippen molar-refractivity contribution >= 4 is 46.8 Å². The topological polar surface area (TPSA) is 161 Å². The van der Waals surface area contributed by atoms with E-state index in [1.54, 1.807) is 6.20 Å². The Hall–Kier alpha value is -3.50. The number of ketones is 2. The number of unbranched alkanes of at least 4 members (excludes halogenated alkanes) is 1. The van der Waals surface area contributed by atoms with Crippen LogP contribution in [0.4, 0.5) is 0 Å². The van der Waals surface area contributed by atoms with Crippen molar-refractivity contribution in [1.29, 1.82) is 0 Å². The molecule has 0 saturated carbocycles. The second-order valence-electron chi connectivity index (χ2n) is 9.88. The number of fused-ring (bicyclic) bond motifs is 1. The fourth-order valence-corrected chi connectivity index (χ4v) is 4.92. The Morgan fingerprint density at radius 2 is 1.77 bits per heavy atom. The molecule has 0 saturated heterocycles. The van der Waals surface area contributed by atoms with Crippen molar-refractivity contribution in [2.75, 3.05) is 12.3 Å². The van der Waals surface area contributed by atoms with Gasteiger partial charge >= 0.3 is 0 Å². The van der Waals surface area contributed by atoms with E-state index in [9.17, 15) is 19.2 Å². The van der Waals surface area contributed by atoms with E-state index in [1.165, 1.54) is 6.33 Å². The largest absolute Gasteiger partial charge is 0.369 e. The number of hydrogen-bond acceptors (Lipinski definition) is 7. The van der Waals surface area contributed by atoms with Crippen LogP contribution in [-0.2, 0) is 32.0 Å². The van der Waals surface area contributed by atoms with Gasteiger partial charge in [0.25, 0.3) is 0 Å². The standard InChI is InChI=1S/C29H37N5O4S/c30-10-4-3-7-22(28(31)37)15-27(36)26(17-39)34-29(38)23(13-24-16-32-18-33-24)14-25(35)12-19-8-9-20-5-1-2-6-21(20)11-19/h1-2,5-6,8-9,11,16,18,22-23,26,39H,3-4,7,10,12-15,17,30H2,(H2,31,37)(H,32,33)(H,34,38)/t22?,23?,26-/m0/s1. The van der Waals surface area contributed by atoms with E-state index in [1.807, 2.05) is 42.5 Å². The smallest absolute Gasteiger partial charge is 0.224 e. The molecule has 0 radical (unpaired) electrons. The number of nitrogens with zero attached hydrogens (tertiary/aromatic N) is 1. The highest BCUT2D eigenvalue weighted by molar-refractivity contribution is 7.80. The Balaban J connectivity index is 1.67. The highest BCUT2D eigenvalue weighted by Crippen LogP contribution is 2.19. The molecule has 3 rings (SSSR count). The fraction of sp³-hybridized carbons (Fsp3) is 0.414. The number of aromatic nitrogens is 2. The number of carbonyl (C=O) groups is 4. The van der Waals surface area contributed by atoms with Gasteiger partial charge in [-0.3, -0.25) is 19.2 Å². The molecule has 0 aliphatic heterocycles. The van der Waals surface area contributed by atoms with E-state index in [-0.39, 0.29) is 43.0 Å². The molecule has 208 valence electrons. The first-order chi connectivity index (χ1) is 18.8. The van der Waals surface area contributed by atoms with Gasteiger partial charge in [-0.25, -0.2) is 4.98 Å². The van der Waals surface area contributed by atoms with Gasteiger partial charge in [-0.1, -0.05) is 48.9 Å². The summed E-state index contributed by atoms with van der Waals surface area (Å²) in [5, 5.41) is 4.89. The third-order valence-electron chi connectivity index (χ3n) is 6.83. The molecule has 1 aromatic heterocycles. The lowest BCUT2D eigenvalue weighted by atomic mass is 9.91. The van der Waals surface area contributed by atoms with Crippen LogP contribution in [0.3, 0.4) is 0 Å². The monoisotopic (exact) mass is 551 g/mol. The molecule has 2 unspecified atom stereocenters. The van der Waals surface area contributed by atoms with E-state index >= 15 is 0 Å². The molecule has 1 heterocycles. The van der Waals surface area contributed by atoms with Crippen LogP contribution >= 0.6 is 12.6 Å². The zero-order chi connectivity index (χ0) is 28.2. The van der Waals surface area contributed by atoms with Crippen molar-refractivity contribution in [3.8, 4) is 0 Å². The molecule has 6 N–H and O–H groups in total. The van der Waals surface area contributed by atoms with Gasteiger partial charge in [-0.05, 0) is 35.7 Å². The number of imidazole rings is 1. The summed E-state index contributed by atoms with van der Waals surface area (Å²) in [4.78, 5) is 58.3. The van der Waals surface area contributed by atoms with Crippen LogP contribution < -0.4 is 16.8 Å². The number of hydrogen-bond donors (Lipinski definition) is 5. The predicted octanol–water partition coefficient (Wildman–Crippen LogP) is 2.53. The maximum atomic E-state index is 13.3. The fourth-order valence-electron chi connectivity index (χ4n) is 4.63. The average Bonchev–Trinajstić information content (AvgIpc) is 3.43. The van der Waals surface area contributed by atoms with E-state index in [0.717, 1.165) is 22.8 Å². The van der Waals surface area contributed by atoms with E-state index in [2.05, 4.69) is 27.9 Å². The SMILES string of the molecule is NCCCCC(CC(=O)[C@H](CS)NC(=O)C(CC(=O)Cc1ccc2ccccc2c1)Cc1cnc[nH]1)C(N)=O. The van der Waals surface area contributed by atoms with Crippen molar-refractivity contribution in [3.63, 3.8) is 0 Å². The summed E-state index contributed by atoms with van der Waals surface area (Å²) in [7, 11) is 0. The second-order valence-corrected chi connectivity index (χ2v) is 10.2. The Morgan fingerprint density at radius 3 is 2.44 bits per heavy atom. The van der Waals surface area contributed by atoms with Gasteiger partial charge in [0, 0.05) is 49.2 Å². The molecule has 2 aromatic carbocycles. The first-order valence-corrected chi connectivity index (χ1v) is 13.8. The number of amides is 2. The van der Waals surface area contributed by atoms with Gasteiger partial charge in [0.1, 0.15) is 5.78 Å². The number of primary amides is 1. The molecular weight excluding hydrogens is 514 g/mol. The Morgan fingerprint density at radius 1 is 1.00 bits per heavy atom. The van der Waals surface area contributed by atoms with Gasteiger partial charge in [-0.2, -0.15) is 12.6 Å². The molecule has 3 atom stereocenters. The van der Waals surface area contributed by atoms with Gasteiger partial charge in [0.15, 0.2) is 5.78 Å². The number of nitrogens with two attached hydrogens (primary N) is 2. The van der Waals surface area contributed by atoms with E-state index in [0.29, 0.717) is 25.1 Å². The Bertz CT molecular complexity index is 1260. The van der Waals surface area contributed by atoms with Crippen molar-refractivity contribution in [3.05, 3.63) is 66.2 Å². The predicted molar refractivity (Wildman–Crippen MR) is 154 cm³/mol. The van der Waals surface area contributed by atoms with Crippen LogP contribution in [-0.4, -0.2) is 51.7 Å². The molecule has 0 spiro atoms. The highest BCUT2D eigenvalue weighted by Gasteiger charge is 2.29. The summed E-state index contributed by atoms with van der Waals surface area (Å²) in [6.07, 6.45) is 5.34. The number of rotatable bonds is 17. The Kier molecular flexibility index (Phi) is 11.7. The van der Waals surface area contributed by atoms with Crippen LogP contribution in [0.25, 0.3) is 10.8 Å². The minimum Gasteiger partial charge on any atom is -0.369 e. The second kappa shape index (κ2) is 15.2. The number of Topliss-reactive ketones (excluding diaryl/α,β-unsaturated/α-hetero) is 2. The zero-order valence-electron chi connectivity index (χ0n) is 22.0. The van der Waals surface area contributed by atoms with Crippen LogP contribution in [0.2, 0.25) is 0 Å². The molecule has 9 nitrogen and oxygen atoms in total. The lowest BCUT2D eigenvalue weighted by molar-refractivity contribution is -0.133. The van der Waals surface area contributed by atoms with Crippen LogP contribution in [0.5, 0.6) is 0 Å². The minimum atomic E-state index is -0.906. The summed E-state index contributed by atoms with van der Waals surface area (Å²) in [6.45, 7) is 0.492. The quantitative estimate of drug-likeness (QED) is 0.128. The van der Waals surface area contributed by atoms with Crippen molar-refractivity contribution < 1.29 is 19.2 Å². The minimum absolute atomic E-state index is 0.00579. The molecule has 39 heavy (non-hydrogen) atoms. The summed E-state index contributed by atoms with van der Waals surface area (Å²) in [5.41, 5.74) is 12.6. The molecular formula is C29H37N5O4S. The van der Waals surface area contributed by atoms with Gasteiger partial charge in [0.2, 0.25) is 11.8 Å². The Labute approximate surface area is 233 Å². The summed E-state index contributed by atoms with van der Waals surface area (Å²) in [6, 6.07) is 12.9. The molecule has 0 fully saturated rings. The molecule has 0 bridgehead atoms. The molecule has 3 aromatic rings. The van der Waals surface area contributed by atoms with Crippen LogP contribution in [0, 0.1) is 11.8 Å². The van der Waals surface area contributed by atoms with Crippen molar-refractivity contribution in [1.82, 2.24) is 15.3 Å². The molecule has 0 aliphatic rings. The number of aromatic amines is 1. The van der Waals surface area contributed by atoms with Crippen molar-refractivity contribution in [2.24, 2.45) is 23.3 Å². The lowest BCUT2D eigenvalue weighted by Gasteiger charge is -2.22. The lowest BCUT2D eigenvalue weighted by Crippen LogP contribution is -2.46.